The SMILES string of the molecule is [C]1=c2ccccc2=C2C=CC=CC2NS1. The molecule has 2 heteroatoms. The smallest absolute Gasteiger partial charge is 0.0614 e. The van der Waals surface area contributed by atoms with Crippen molar-refractivity contribution in [3.8, 4) is 0 Å². The van der Waals surface area contributed by atoms with Gasteiger partial charge in [-0.2, -0.15) is 0 Å². The molecule has 1 unspecified atom stereocenters. The Morgan fingerprint density at radius 2 is 2.13 bits per heavy atom. The van der Waals surface area contributed by atoms with Crippen LogP contribution in [0.4, 0.5) is 0 Å². The second-order valence-electron chi connectivity index (χ2n) is 3.54. The maximum absolute atomic E-state index is 3.36. The first-order valence-electron chi connectivity index (χ1n) is 4.93. The molecule has 0 fully saturated rings. The van der Waals surface area contributed by atoms with E-state index in [4.69, 9.17) is 0 Å². The third-order valence-corrected chi connectivity index (χ3v) is 3.30. The van der Waals surface area contributed by atoms with Crippen LogP contribution in [-0.2, 0) is 0 Å². The van der Waals surface area contributed by atoms with Gasteiger partial charge in [0.25, 0.3) is 0 Å². The molecular weight excluding hydrogens is 202 g/mol. The molecule has 1 atom stereocenters. The monoisotopic (exact) mass is 212 g/mol. The zero-order valence-corrected chi connectivity index (χ0v) is 8.92. The van der Waals surface area contributed by atoms with Crippen LogP contribution in [0.25, 0.3) is 11.0 Å². The molecule has 3 rings (SSSR count). The summed E-state index contributed by atoms with van der Waals surface area (Å²) in [5.41, 5.74) is 1.32. The van der Waals surface area contributed by atoms with E-state index in [2.05, 4.69) is 58.7 Å². The van der Waals surface area contributed by atoms with Crippen LogP contribution in [0.5, 0.6) is 0 Å². The van der Waals surface area contributed by atoms with Crippen LogP contribution in [0.1, 0.15) is 0 Å². The van der Waals surface area contributed by atoms with Crippen molar-refractivity contribution in [2.45, 2.75) is 6.04 Å². The third kappa shape index (κ3) is 1.56. The van der Waals surface area contributed by atoms with E-state index < -0.39 is 0 Å². The molecule has 73 valence electrons. The van der Waals surface area contributed by atoms with Crippen molar-refractivity contribution < 1.29 is 0 Å². The lowest BCUT2D eigenvalue weighted by molar-refractivity contribution is 0.959. The molecule has 1 nitrogen and oxygen atoms in total. The molecular formula is C13H10NS. The van der Waals surface area contributed by atoms with E-state index >= 15 is 0 Å². The molecule has 15 heavy (non-hydrogen) atoms. The van der Waals surface area contributed by atoms with Crippen LogP contribution in [-0.4, -0.2) is 6.04 Å². The summed E-state index contributed by atoms with van der Waals surface area (Å²) >= 11 is 1.54. The summed E-state index contributed by atoms with van der Waals surface area (Å²) in [4.78, 5) is 0. The van der Waals surface area contributed by atoms with Crippen LogP contribution in [0, 0.1) is 0 Å². The highest BCUT2D eigenvalue weighted by Gasteiger charge is 2.13. The molecule has 1 N–H and O–H groups in total. The molecule has 0 bridgehead atoms. The maximum atomic E-state index is 3.36. The summed E-state index contributed by atoms with van der Waals surface area (Å²) in [6, 6.07) is 8.69. The number of benzene rings is 1. The first-order valence-corrected chi connectivity index (χ1v) is 5.75. The predicted molar refractivity (Wildman–Crippen MR) is 65.3 cm³/mol. The van der Waals surface area contributed by atoms with Crippen molar-refractivity contribution in [1.29, 1.82) is 0 Å². The first kappa shape index (κ1) is 9.01. The van der Waals surface area contributed by atoms with Gasteiger partial charge in [0.1, 0.15) is 0 Å². The third-order valence-electron chi connectivity index (χ3n) is 2.61. The largest absolute Gasteiger partial charge is 0.248 e. The van der Waals surface area contributed by atoms with Gasteiger partial charge in [-0.3, -0.25) is 0 Å². The van der Waals surface area contributed by atoms with Gasteiger partial charge < -0.3 is 0 Å². The minimum atomic E-state index is 0.302. The molecule has 1 radical (unpaired) electrons. The van der Waals surface area contributed by atoms with Crippen molar-refractivity contribution in [3.05, 3.63) is 59.0 Å². The van der Waals surface area contributed by atoms with E-state index in [9.17, 15) is 0 Å². The van der Waals surface area contributed by atoms with Gasteiger partial charge in [-0.15, -0.1) is 0 Å². The minimum absolute atomic E-state index is 0.302. The topological polar surface area (TPSA) is 12.0 Å². The molecule has 0 spiro atoms. The summed E-state index contributed by atoms with van der Waals surface area (Å²) in [6.07, 6.45) is 8.51. The standard InChI is InChI=1S/C13H10NS/c1-2-6-11-10(5-1)9-15-14-13-8-4-3-7-12(11)13/h1-8,13-14H. The van der Waals surface area contributed by atoms with E-state index in [1.54, 1.807) is 0 Å². The second-order valence-corrected chi connectivity index (χ2v) is 4.19. The van der Waals surface area contributed by atoms with Crippen LogP contribution in [0.3, 0.4) is 0 Å². The summed E-state index contributed by atoms with van der Waals surface area (Å²) in [6.45, 7) is 0. The van der Waals surface area contributed by atoms with E-state index in [-0.39, 0.29) is 0 Å². The van der Waals surface area contributed by atoms with Gasteiger partial charge in [0, 0.05) is 5.41 Å². The fraction of sp³-hybridized carbons (Fsp3) is 0.0769. The number of nitrogens with one attached hydrogen (secondary N) is 1. The number of fused-ring (bicyclic) bond motifs is 2. The molecule has 0 saturated heterocycles. The fourth-order valence-corrected chi connectivity index (χ4v) is 2.55. The lowest BCUT2D eigenvalue weighted by atomic mass is 9.99. The van der Waals surface area contributed by atoms with Crippen LogP contribution in [0.15, 0.2) is 48.6 Å². The van der Waals surface area contributed by atoms with E-state index in [0.717, 1.165) is 0 Å². The maximum Gasteiger partial charge on any atom is 0.0614 e. The van der Waals surface area contributed by atoms with Crippen LogP contribution >= 0.6 is 11.9 Å². The molecule has 0 aromatic heterocycles. The van der Waals surface area contributed by atoms with E-state index in [1.807, 2.05) is 0 Å². The van der Waals surface area contributed by atoms with Crippen molar-refractivity contribution >= 4 is 22.9 Å². The summed E-state index contributed by atoms with van der Waals surface area (Å²) in [5.74, 6) is 0. The number of rotatable bonds is 0. The zero-order valence-electron chi connectivity index (χ0n) is 8.10. The number of hydrogen-bond acceptors (Lipinski definition) is 2. The average molecular weight is 212 g/mol. The fourth-order valence-electron chi connectivity index (χ4n) is 1.87. The Hall–Kier alpha value is -1.25. The lowest BCUT2D eigenvalue weighted by Crippen LogP contribution is -2.31. The normalized spacial score (nSPS) is 22.7. The number of hydrogen-bond donors (Lipinski definition) is 1. The first-order chi connectivity index (χ1) is 7.45. The van der Waals surface area contributed by atoms with Gasteiger partial charge in [-0.25, -0.2) is 4.72 Å². The summed E-state index contributed by atoms with van der Waals surface area (Å²) < 4.78 is 3.36. The Balaban J connectivity index is 2.38. The van der Waals surface area contributed by atoms with Gasteiger partial charge >= 0.3 is 0 Å². The average Bonchev–Trinajstić information content (AvgIpc) is 2.48. The molecule has 1 aliphatic heterocycles. The minimum Gasteiger partial charge on any atom is -0.248 e. The van der Waals surface area contributed by atoms with Crippen molar-refractivity contribution in [2.24, 2.45) is 0 Å². The Bertz CT molecular complexity index is 554. The molecule has 1 aromatic carbocycles. The molecule has 0 saturated carbocycles. The Morgan fingerprint density at radius 3 is 3.13 bits per heavy atom. The molecule has 1 aliphatic carbocycles. The second kappa shape index (κ2) is 3.72. The lowest BCUT2D eigenvalue weighted by Gasteiger charge is -2.15. The highest BCUT2D eigenvalue weighted by molar-refractivity contribution is 8.04. The Labute approximate surface area is 93.0 Å². The highest BCUT2D eigenvalue weighted by atomic mass is 32.2. The highest BCUT2D eigenvalue weighted by Crippen LogP contribution is 2.15. The van der Waals surface area contributed by atoms with Gasteiger partial charge in [0.2, 0.25) is 0 Å². The van der Waals surface area contributed by atoms with Gasteiger partial charge in [-0.1, -0.05) is 48.6 Å². The van der Waals surface area contributed by atoms with Crippen LogP contribution < -0.4 is 15.2 Å². The quantitative estimate of drug-likeness (QED) is 0.649. The van der Waals surface area contributed by atoms with Crippen LogP contribution in [0.2, 0.25) is 0 Å². The molecule has 0 amide bonds. The van der Waals surface area contributed by atoms with E-state index in [1.165, 1.54) is 28.0 Å². The van der Waals surface area contributed by atoms with Gasteiger partial charge in [0.05, 0.1) is 6.04 Å². The summed E-state index contributed by atoms with van der Waals surface area (Å²) in [5, 5.41) is 5.75. The molecule has 2 aliphatic rings. The number of allylic oxidation sites excluding steroid dienone is 2. The molecule has 1 heterocycles. The van der Waals surface area contributed by atoms with E-state index in [0.29, 0.717) is 6.04 Å². The van der Waals surface area contributed by atoms with Crippen molar-refractivity contribution in [3.63, 3.8) is 0 Å². The summed E-state index contributed by atoms with van der Waals surface area (Å²) in [7, 11) is 0. The van der Waals surface area contributed by atoms with Crippen molar-refractivity contribution in [1.82, 2.24) is 4.72 Å². The zero-order chi connectivity index (χ0) is 10.1. The Kier molecular flexibility index (Phi) is 2.24. The Morgan fingerprint density at radius 1 is 1.20 bits per heavy atom. The van der Waals surface area contributed by atoms with Gasteiger partial charge in [-0.05, 0) is 28.0 Å². The van der Waals surface area contributed by atoms with Crippen molar-refractivity contribution in [2.75, 3.05) is 0 Å². The predicted octanol–water partition coefficient (Wildman–Crippen LogP) is 1.20. The molecule has 1 aromatic rings. The van der Waals surface area contributed by atoms with Gasteiger partial charge in [0.15, 0.2) is 0 Å².